The highest BCUT2D eigenvalue weighted by Crippen LogP contribution is 2.43. The van der Waals surface area contributed by atoms with Crippen LogP contribution >= 0.6 is 11.6 Å². The Hall–Kier alpha value is -2.99. The van der Waals surface area contributed by atoms with E-state index in [0.717, 1.165) is 5.56 Å². The summed E-state index contributed by atoms with van der Waals surface area (Å²) in [6.07, 6.45) is -3.33. The van der Waals surface area contributed by atoms with Gasteiger partial charge in [0.15, 0.2) is 5.69 Å². The van der Waals surface area contributed by atoms with Gasteiger partial charge in [0.2, 0.25) is 0 Å². The summed E-state index contributed by atoms with van der Waals surface area (Å²) in [6, 6.07) is 4.12. The van der Waals surface area contributed by atoms with Crippen LogP contribution in [0.2, 0.25) is 5.15 Å². The van der Waals surface area contributed by atoms with Gasteiger partial charge in [-0.3, -0.25) is 25.1 Å². The topological polar surface area (TPSA) is 106 Å². The van der Waals surface area contributed by atoms with E-state index in [9.17, 15) is 33.4 Å². The molecule has 1 aliphatic rings. The smallest absolute Gasteiger partial charge is 0.358 e. The molecule has 2 aromatic rings. The molecule has 2 heterocycles. The zero-order valence-electron chi connectivity index (χ0n) is 15.3. The summed E-state index contributed by atoms with van der Waals surface area (Å²) < 4.78 is 39.2. The number of alkyl halides is 3. The van der Waals surface area contributed by atoms with Gasteiger partial charge >= 0.3 is 6.18 Å². The molecule has 1 fully saturated rings. The second-order valence-electron chi connectivity index (χ2n) is 6.63. The third-order valence-corrected chi connectivity index (χ3v) is 4.90. The number of nitro benzene ring substituents is 2. The number of pyridine rings is 1. The van der Waals surface area contributed by atoms with Gasteiger partial charge in [-0.2, -0.15) is 13.2 Å². The van der Waals surface area contributed by atoms with Crippen molar-refractivity contribution >= 4 is 28.7 Å². The minimum absolute atomic E-state index is 0.175. The number of aromatic nitrogens is 1. The number of nitro groups is 2. The largest absolute Gasteiger partial charge is 0.416 e. The number of piperazine rings is 1. The van der Waals surface area contributed by atoms with Gasteiger partial charge in [-0.1, -0.05) is 17.7 Å². The highest BCUT2D eigenvalue weighted by molar-refractivity contribution is 6.29. The Bertz CT molecular complexity index is 928. The molecule has 0 spiro atoms. The van der Waals surface area contributed by atoms with Gasteiger partial charge in [0.25, 0.3) is 11.4 Å². The van der Waals surface area contributed by atoms with E-state index in [-0.39, 0.29) is 13.1 Å². The molecular formula is C17H15ClF3N5O4. The second-order valence-corrected chi connectivity index (χ2v) is 7.01. The van der Waals surface area contributed by atoms with Crippen LogP contribution < -0.4 is 4.90 Å². The molecule has 1 saturated heterocycles. The third-order valence-electron chi connectivity index (χ3n) is 4.67. The molecule has 9 nitrogen and oxygen atoms in total. The highest BCUT2D eigenvalue weighted by Gasteiger charge is 2.39. The standard InChI is InChI=1S/C17H15ClF3N5O4/c18-15-2-1-11(9-22-15)10-23-3-5-24(6-4-23)16-13(25(27)28)7-12(17(19,20)21)8-14(16)26(29)30/h1-2,7-9H,3-6,10H2. The highest BCUT2D eigenvalue weighted by atomic mass is 35.5. The van der Waals surface area contributed by atoms with Gasteiger partial charge in [0.05, 0.1) is 15.4 Å². The van der Waals surface area contributed by atoms with Gasteiger partial charge in [-0.05, 0) is 11.6 Å². The summed E-state index contributed by atoms with van der Waals surface area (Å²) in [6.45, 7) is 1.67. The zero-order chi connectivity index (χ0) is 22.1. The molecule has 160 valence electrons. The zero-order valence-corrected chi connectivity index (χ0v) is 16.1. The van der Waals surface area contributed by atoms with E-state index in [1.54, 1.807) is 18.3 Å². The molecule has 0 unspecified atom stereocenters. The summed E-state index contributed by atoms with van der Waals surface area (Å²) >= 11 is 5.75. The lowest BCUT2D eigenvalue weighted by atomic mass is 10.1. The van der Waals surface area contributed by atoms with Crippen molar-refractivity contribution in [2.24, 2.45) is 0 Å². The Kier molecular flexibility index (Phi) is 6.08. The van der Waals surface area contributed by atoms with Crippen LogP contribution in [0.25, 0.3) is 0 Å². The van der Waals surface area contributed by atoms with Crippen molar-refractivity contribution in [3.63, 3.8) is 0 Å². The molecule has 13 heteroatoms. The maximum atomic E-state index is 13.1. The maximum absolute atomic E-state index is 13.1. The van der Waals surface area contributed by atoms with Crippen molar-refractivity contribution < 1.29 is 23.0 Å². The Labute approximate surface area is 173 Å². The Morgan fingerprint density at radius 1 is 1.03 bits per heavy atom. The number of halogens is 4. The van der Waals surface area contributed by atoms with Crippen LogP contribution in [0.4, 0.5) is 30.2 Å². The van der Waals surface area contributed by atoms with Crippen molar-refractivity contribution in [1.29, 1.82) is 0 Å². The first-order valence-corrected chi connectivity index (χ1v) is 9.06. The van der Waals surface area contributed by atoms with E-state index in [1.165, 1.54) is 4.90 Å². The van der Waals surface area contributed by atoms with Crippen molar-refractivity contribution in [1.82, 2.24) is 9.88 Å². The fourth-order valence-electron chi connectivity index (χ4n) is 3.26. The monoisotopic (exact) mass is 445 g/mol. The maximum Gasteiger partial charge on any atom is 0.416 e. The van der Waals surface area contributed by atoms with Crippen LogP contribution in [0.5, 0.6) is 0 Å². The van der Waals surface area contributed by atoms with Crippen LogP contribution in [0.3, 0.4) is 0 Å². The Balaban J connectivity index is 1.86. The fourth-order valence-corrected chi connectivity index (χ4v) is 3.37. The summed E-state index contributed by atoms with van der Waals surface area (Å²) in [7, 11) is 0. The first-order valence-electron chi connectivity index (χ1n) is 8.68. The molecule has 1 aromatic carbocycles. The summed E-state index contributed by atoms with van der Waals surface area (Å²) in [4.78, 5) is 28.1. The van der Waals surface area contributed by atoms with Crippen molar-refractivity contribution in [3.8, 4) is 0 Å². The Morgan fingerprint density at radius 2 is 1.60 bits per heavy atom. The number of nitrogens with zero attached hydrogens (tertiary/aromatic N) is 5. The minimum Gasteiger partial charge on any atom is -0.358 e. The predicted octanol–water partition coefficient (Wildman–Crippen LogP) is 3.89. The SMILES string of the molecule is O=[N+]([O-])c1cc(C(F)(F)F)cc([N+](=O)[O-])c1N1CCN(Cc2ccc(Cl)nc2)CC1. The number of benzene rings is 1. The van der Waals surface area contributed by atoms with Crippen LogP contribution in [0.15, 0.2) is 30.5 Å². The van der Waals surface area contributed by atoms with Crippen LogP contribution in [0, 0.1) is 20.2 Å². The minimum atomic E-state index is -4.95. The first-order chi connectivity index (χ1) is 14.1. The van der Waals surface area contributed by atoms with Crippen molar-refractivity contribution in [2.45, 2.75) is 12.7 Å². The van der Waals surface area contributed by atoms with E-state index in [0.29, 0.717) is 36.9 Å². The molecule has 0 atom stereocenters. The molecular weight excluding hydrogens is 431 g/mol. The van der Waals surface area contributed by atoms with Gasteiger partial charge < -0.3 is 4.90 Å². The fraction of sp³-hybridized carbons (Fsp3) is 0.353. The quantitative estimate of drug-likeness (QED) is 0.390. The first kappa shape index (κ1) is 21.7. The molecule has 1 aliphatic heterocycles. The number of rotatable bonds is 5. The van der Waals surface area contributed by atoms with Crippen LogP contribution in [0.1, 0.15) is 11.1 Å². The van der Waals surface area contributed by atoms with E-state index in [1.807, 2.05) is 4.90 Å². The van der Waals surface area contributed by atoms with E-state index >= 15 is 0 Å². The Morgan fingerprint density at radius 3 is 2.03 bits per heavy atom. The number of hydrogen-bond acceptors (Lipinski definition) is 7. The molecule has 0 aliphatic carbocycles. The lowest BCUT2D eigenvalue weighted by Crippen LogP contribution is -2.46. The molecule has 0 saturated carbocycles. The summed E-state index contributed by atoms with van der Waals surface area (Å²) in [5.74, 6) is 0. The average Bonchev–Trinajstić information content (AvgIpc) is 2.68. The van der Waals surface area contributed by atoms with Gasteiger partial charge in [0, 0.05) is 51.1 Å². The van der Waals surface area contributed by atoms with E-state index in [2.05, 4.69) is 4.98 Å². The van der Waals surface area contributed by atoms with Crippen LogP contribution in [-0.4, -0.2) is 45.9 Å². The van der Waals surface area contributed by atoms with Crippen molar-refractivity contribution in [2.75, 3.05) is 31.1 Å². The van der Waals surface area contributed by atoms with E-state index < -0.39 is 38.6 Å². The number of anilines is 1. The molecule has 1 aromatic heterocycles. The van der Waals surface area contributed by atoms with Crippen molar-refractivity contribution in [3.05, 3.63) is 67.0 Å². The normalized spacial score (nSPS) is 15.3. The molecule has 3 rings (SSSR count). The molecule has 0 N–H and O–H groups in total. The number of hydrogen-bond donors (Lipinski definition) is 0. The van der Waals surface area contributed by atoms with Gasteiger partial charge in [0.1, 0.15) is 5.15 Å². The summed E-state index contributed by atoms with van der Waals surface area (Å²) in [5.41, 5.74) is -2.83. The van der Waals surface area contributed by atoms with Crippen LogP contribution in [-0.2, 0) is 12.7 Å². The average molecular weight is 446 g/mol. The summed E-state index contributed by atoms with van der Waals surface area (Å²) in [5, 5.41) is 23.2. The van der Waals surface area contributed by atoms with Gasteiger partial charge in [-0.15, -0.1) is 0 Å². The second kappa shape index (κ2) is 8.40. The molecule has 0 amide bonds. The lowest BCUT2D eigenvalue weighted by molar-refractivity contribution is -0.393. The van der Waals surface area contributed by atoms with Gasteiger partial charge in [-0.25, -0.2) is 4.98 Å². The predicted molar refractivity (Wildman–Crippen MR) is 101 cm³/mol. The molecule has 0 radical (unpaired) electrons. The third kappa shape index (κ3) is 4.76. The van der Waals surface area contributed by atoms with E-state index in [4.69, 9.17) is 11.6 Å². The molecule has 30 heavy (non-hydrogen) atoms. The lowest BCUT2D eigenvalue weighted by Gasteiger charge is -2.35. The molecule has 0 bridgehead atoms.